The van der Waals surface area contributed by atoms with Gasteiger partial charge in [-0.2, -0.15) is 10.5 Å². The van der Waals surface area contributed by atoms with Crippen LogP contribution in [0.3, 0.4) is 0 Å². The van der Waals surface area contributed by atoms with Crippen molar-refractivity contribution in [2.45, 2.75) is 25.7 Å². The lowest BCUT2D eigenvalue weighted by atomic mass is 9.94. The number of aryl methyl sites for hydroxylation is 1. The minimum absolute atomic E-state index is 0.0561. The molecule has 1 saturated heterocycles. The van der Waals surface area contributed by atoms with E-state index in [4.69, 9.17) is 0 Å². The summed E-state index contributed by atoms with van der Waals surface area (Å²) in [5, 5.41) is 18.8. The standard InChI is InChI=1S/C23H22N4O/c1-15-4-6-19(7-5-15)23-10-20(23)13-27(14-23)22(28)18(11-24)8-17-9-21(12-25)26(3)16(17)2/h4-9,20H,10,13-14H2,1-3H3/b18-8+. The number of aromatic nitrogens is 1. The van der Waals surface area contributed by atoms with Crippen molar-refractivity contribution in [2.24, 2.45) is 13.0 Å². The first kappa shape index (κ1) is 18.1. The predicted octanol–water partition coefficient (Wildman–Crippen LogP) is 3.22. The Balaban J connectivity index is 1.57. The smallest absolute Gasteiger partial charge is 0.264 e. The van der Waals surface area contributed by atoms with E-state index in [0.717, 1.165) is 17.7 Å². The minimum Gasteiger partial charge on any atom is -0.339 e. The molecule has 2 aromatic rings. The van der Waals surface area contributed by atoms with Crippen LogP contribution >= 0.6 is 0 Å². The summed E-state index contributed by atoms with van der Waals surface area (Å²) in [5.74, 6) is 0.255. The van der Waals surface area contributed by atoms with E-state index in [2.05, 4.69) is 43.3 Å². The van der Waals surface area contributed by atoms with Gasteiger partial charge in [0, 0.05) is 31.2 Å². The summed E-state index contributed by atoms with van der Waals surface area (Å²) in [6.07, 6.45) is 2.72. The fraction of sp³-hybridized carbons (Fsp3) is 0.348. The number of carbonyl (C=O) groups is 1. The van der Waals surface area contributed by atoms with Gasteiger partial charge in [0.1, 0.15) is 23.4 Å². The molecular formula is C23H22N4O. The maximum Gasteiger partial charge on any atom is 0.264 e. The van der Waals surface area contributed by atoms with Gasteiger partial charge in [0.15, 0.2) is 0 Å². The van der Waals surface area contributed by atoms with E-state index in [1.165, 1.54) is 11.1 Å². The van der Waals surface area contributed by atoms with Crippen LogP contribution in [0.5, 0.6) is 0 Å². The Hall–Kier alpha value is -3.31. The molecule has 1 aliphatic carbocycles. The fourth-order valence-electron chi connectivity index (χ4n) is 4.41. The van der Waals surface area contributed by atoms with E-state index in [0.29, 0.717) is 24.7 Å². The first-order valence-corrected chi connectivity index (χ1v) is 9.44. The van der Waals surface area contributed by atoms with Gasteiger partial charge in [-0.15, -0.1) is 0 Å². The van der Waals surface area contributed by atoms with Crippen LogP contribution in [0.1, 0.15) is 34.5 Å². The largest absolute Gasteiger partial charge is 0.339 e. The molecule has 0 radical (unpaired) electrons. The highest BCUT2D eigenvalue weighted by Crippen LogP contribution is 2.59. The van der Waals surface area contributed by atoms with Crippen molar-refractivity contribution in [1.29, 1.82) is 10.5 Å². The maximum absolute atomic E-state index is 13.0. The number of hydrogen-bond acceptors (Lipinski definition) is 3. The molecule has 0 N–H and O–H groups in total. The quantitative estimate of drug-likeness (QED) is 0.615. The van der Waals surface area contributed by atoms with Crippen molar-refractivity contribution in [2.75, 3.05) is 13.1 Å². The summed E-state index contributed by atoms with van der Waals surface area (Å²) < 4.78 is 1.77. The van der Waals surface area contributed by atoms with E-state index >= 15 is 0 Å². The van der Waals surface area contributed by atoms with Crippen molar-refractivity contribution in [3.63, 3.8) is 0 Å². The summed E-state index contributed by atoms with van der Waals surface area (Å²) in [7, 11) is 1.80. The van der Waals surface area contributed by atoms with Gasteiger partial charge in [-0.25, -0.2) is 0 Å². The Morgan fingerprint density at radius 3 is 2.57 bits per heavy atom. The predicted molar refractivity (Wildman–Crippen MR) is 106 cm³/mol. The molecule has 2 aliphatic rings. The lowest BCUT2D eigenvalue weighted by molar-refractivity contribution is -0.126. The molecule has 2 fully saturated rings. The van der Waals surface area contributed by atoms with Gasteiger partial charge in [-0.3, -0.25) is 4.79 Å². The lowest BCUT2D eigenvalue weighted by Crippen LogP contribution is -2.33. The number of carbonyl (C=O) groups excluding carboxylic acids is 1. The number of nitriles is 2. The number of benzene rings is 1. The van der Waals surface area contributed by atoms with Gasteiger partial charge >= 0.3 is 0 Å². The third-order valence-electron chi connectivity index (χ3n) is 6.40. The van der Waals surface area contributed by atoms with Crippen LogP contribution in [0.2, 0.25) is 0 Å². The summed E-state index contributed by atoms with van der Waals surface area (Å²) in [6.45, 7) is 5.31. The Labute approximate surface area is 165 Å². The molecule has 5 nitrogen and oxygen atoms in total. The SMILES string of the molecule is Cc1ccc(C23CC2CN(C(=O)/C(C#N)=C/c2cc(C#N)n(C)c2C)C3)cc1. The zero-order valence-corrected chi connectivity index (χ0v) is 16.4. The van der Waals surface area contributed by atoms with Gasteiger partial charge in [0.2, 0.25) is 0 Å². The zero-order chi connectivity index (χ0) is 20.1. The second kappa shape index (κ2) is 6.39. The zero-order valence-electron chi connectivity index (χ0n) is 16.4. The van der Waals surface area contributed by atoms with Crippen LogP contribution < -0.4 is 0 Å². The fourth-order valence-corrected chi connectivity index (χ4v) is 4.41. The molecule has 4 rings (SSSR count). The topological polar surface area (TPSA) is 72.8 Å². The van der Waals surface area contributed by atoms with Gasteiger partial charge in [0.25, 0.3) is 5.91 Å². The number of nitrogens with zero attached hydrogens (tertiary/aromatic N) is 4. The third-order valence-corrected chi connectivity index (χ3v) is 6.40. The molecule has 1 saturated carbocycles. The summed E-state index contributed by atoms with van der Waals surface area (Å²) in [6, 6.07) is 14.5. The summed E-state index contributed by atoms with van der Waals surface area (Å²) in [4.78, 5) is 14.8. The Morgan fingerprint density at radius 2 is 1.96 bits per heavy atom. The van der Waals surface area contributed by atoms with Crippen molar-refractivity contribution in [3.05, 3.63) is 64.0 Å². The summed E-state index contributed by atoms with van der Waals surface area (Å²) >= 11 is 0. The molecule has 1 amide bonds. The van der Waals surface area contributed by atoms with Crippen molar-refractivity contribution < 1.29 is 4.79 Å². The number of piperidine rings is 1. The Bertz CT molecular complexity index is 1080. The molecule has 140 valence electrons. The minimum atomic E-state index is -0.219. The van der Waals surface area contributed by atoms with Crippen LogP contribution in [0.4, 0.5) is 0 Å². The monoisotopic (exact) mass is 370 g/mol. The third kappa shape index (κ3) is 2.72. The molecule has 1 aromatic carbocycles. The molecule has 1 aromatic heterocycles. The molecule has 0 bridgehead atoms. The molecule has 2 atom stereocenters. The number of fused-ring (bicyclic) bond motifs is 1. The summed E-state index contributed by atoms with van der Waals surface area (Å²) in [5.41, 5.74) is 4.80. The van der Waals surface area contributed by atoms with Gasteiger partial charge in [-0.1, -0.05) is 29.8 Å². The second-order valence-electron chi connectivity index (χ2n) is 8.02. The lowest BCUT2D eigenvalue weighted by Gasteiger charge is -2.21. The van der Waals surface area contributed by atoms with Gasteiger partial charge in [-0.05, 0) is 49.5 Å². The van der Waals surface area contributed by atoms with E-state index in [9.17, 15) is 15.3 Å². The average molecular weight is 370 g/mol. The van der Waals surface area contributed by atoms with Gasteiger partial charge < -0.3 is 9.47 Å². The highest BCUT2D eigenvalue weighted by Gasteiger charge is 2.61. The Kier molecular flexibility index (Phi) is 4.12. The van der Waals surface area contributed by atoms with Gasteiger partial charge in [0.05, 0.1) is 0 Å². The molecule has 2 unspecified atom stereocenters. The maximum atomic E-state index is 13.0. The highest BCUT2D eigenvalue weighted by atomic mass is 16.2. The van der Waals surface area contributed by atoms with Crippen molar-refractivity contribution >= 4 is 12.0 Å². The van der Waals surface area contributed by atoms with E-state index in [1.54, 1.807) is 23.8 Å². The van der Waals surface area contributed by atoms with Crippen LogP contribution in [-0.4, -0.2) is 28.5 Å². The van der Waals surface area contributed by atoms with E-state index in [-0.39, 0.29) is 16.9 Å². The normalized spacial score (nSPS) is 23.1. The first-order valence-electron chi connectivity index (χ1n) is 9.44. The molecule has 1 aliphatic heterocycles. The molecular weight excluding hydrogens is 348 g/mol. The average Bonchev–Trinajstić information content (AvgIpc) is 3.16. The van der Waals surface area contributed by atoms with Crippen molar-refractivity contribution in [1.82, 2.24) is 9.47 Å². The van der Waals surface area contributed by atoms with E-state index in [1.807, 2.05) is 11.8 Å². The van der Waals surface area contributed by atoms with Crippen LogP contribution in [-0.2, 0) is 17.3 Å². The molecule has 0 spiro atoms. The molecule has 5 heteroatoms. The number of amides is 1. The highest BCUT2D eigenvalue weighted by molar-refractivity contribution is 6.02. The Morgan fingerprint density at radius 1 is 1.25 bits per heavy atom. The number of rotatable bonds is 3. The molecule has 28 heavy (non-hydrogen) atoms. The van der Waals surface area contributed by atoms with Crippen molar-refractivity contribution in [3.8, 4) is 12.1 Å². The second-order valence-corrected chi connectivity index (χ2v) is 8.02. The van der Waals surface area contributed by atoms with E-state index < -0.39 is 0 Å². The van der Waals surface area contributed by atoms with Crippen LogP contribution in [0, 0.1) is 42.4 Å². The van der Waals surface area contributed by atoms with Crippen LogP contribution in [0.25, 0.3) is 6.08 Å². The number of likely N-dealkylation sites (tertiary alicyclic amines) is 1. The molecule has 2 heterocycles. The van der Waals surface area contributed by atoms with Crippen LogP contribution in [0.15, 0.2) is 35.9 Å². The first-order chi connectivity index (χ1) is 13.4. The number of hydrogen-bond donors (Lipinski definition) is 0.